The SMILES string of the molecule is CCCCOc1cccc(C(=O)N2CCNC(=O)C2CC(=O)OCCC)c1. The lowest BCUT2D eigenvalue weighted by Gasteiger charge is -2.34. The first-order chi connectivity index (χ1) is 13.1. The van der Waals surface area contributed by atoms with E-state index in [4.69, 9.17) is 9.47 Å². The molecule has 1 aliphatic rings. The number of hydrogen-bond donors (Lipinski definition) is 1. The van der Waals surface area contributed by atoms with Crippen molar-refractivity contribution in [3.05, 3.63) is 29.8 Å². The molecule has 1 heterocycles. The van der Waals surface area contributed by atoms with Gasteiger partial charge in [-0.3, -0.25) is 14.4 Å². The zero-order chi connectivity index (χ0) is 19.6. The molecule has 1 aromatic rings. The van der Waals surface area contributed by atoms with Gasteiger partial charge in [0.2, 0.25) is 5.91 Å². The summed E-state index contributed by atoms with van der Waals surface area (Å²) >= 11 is 0. The second-order valence-corrected chi connectivity index (χ2v) is 6.46. The fraction of sp³-hybridized carbons (Fsp3) is 0.550. The third-order valence-electron chi connectivity index (χ3n) is 4.27. The van der Waals surface area contributed by atoms with Crippen molar-refractivity contribution in [1.82, 2.24) is 10.2 Å². The summed E-state index contributed by atoms with van der Waals surface area (Å²) in [6.45, 7) is 5.57. The number of carbonyl (C=O) groups is 3. The number of amides is 2. The maximum absolute atomic E-state index is 13.0. The highest BCUT2D eigenvalue weighted by Crippen LogP contribution is 2.19. The topological polar surface area (TPSA) is 84.9 Å². The number of rotatable bonds is 9. The minimum absolute atomic E-state index is 0.149. The predicted octanol–water partition coefficient (Wildman–Crippen LogP) is 2.15. The fourth-order valence-corrected chi connectivity index (χ4v) is 2.81. The maximum Gasteiger partial charge on any atom is 0.308 e. The van der Waals surface area contributed by atoms with Crippen LogP contribution in [0, 0.1) is 0 Å². The molecule has 1 aromatic carbocycles. The van der Waals surface area contributed by atoms with E-state index in [1.165, 1.54) is 4.90 Å². The van der Waals surface area contributed by atoms with E-state index in [1.54, 1.807) is 24.3 Å². The van der Waals surface area contributed by atoms with Crippen molar-refractivity contribution in [3.63, 3.8) is 0 Å². The van der Waals surface area contributed by atoms with Crippen LogP contribution in [0.1, 0.15) is 49.9 Å². The molecule has 0 saturated carbocycles. The van der Waals surface area contributed by atoms with Crippen LogP contribution in [-0.2, 0) is 14.3 Å². The standard InChI is InChI=1S/C20H28N2O5/c1-3-5-12-26-16-8-6-7-15(13-16)20(25)22-10-9-21-19(24)17(22)14-18(23)27-11-4-2/h6-8,13,17H,3-5,9-12,14H2,1-2H3,(H,21,24). The van der Waals surface area contributed by atoms with Gasteiger partial charge in [0, 0.05) is 18.7 Å². The first-order valence-electron chi connectivity index (χ1n) is 9.54. The van der Waals surface area contributed by atoms with E-state index in [1.807, 2.05) is 6.92 Å². The van der Waals surface area contributed by atoms with Crippen molar-refractivity contribution >= 4 is 17.8 Å². The van der Waals surface area contributed by atoms with Crippen molar-refractivity contribution in [2.75, 3.05) is 26.3 Å². The minimum atomic E-state index is -0.861. The van der Waals surface area contributed by atoms with Gasteiger partial charge in [-0.05, 0) is 31.0 Å². The Labute approximate surface area is 160 Å². The van der Waals surface area contributed by atoms with Crippen LogP contribution in [-0.4, -0.2) is 55.0 Å². The summed E-state index contributed by atoms with van der Waals surface area (Å²) < 4.78 is 10.7. The molecule has 0 radical (unpaired) electrons. The maximum atomic E-state index is 13.0. The predicted molar refractivity (Wildman–Crippen MR) is 101 cm³/mol. The van der Waals surface area contributed by atoms with Crippen LogP contribution in [0.15, 0.2) is 24.3 Å². The van der Waals surface area contributed by atoms with Gasteiger partial charge in [0.15, 0.2) is 0 Å². The first-order valence-corrected chi connectivity index (χ1v) is 9.54. The quantitative estimate of drug-likeness (QED) is 0.527. The molecule has 2 amide bonds. The van der Waals surface area contributed by atoms with Crippen molar-refractivity contribution in [2.45, 2.75) is 45.6 Å². The summed E-state index contributed by atoms with van der Waals surface area (Å²) in [5.41, 5.74) is 0.436. The molecule has 0 bridgehead atoms. The lowest BCUT2D eigenvalue weighted by molar-refractivity contribution is -0.147. The van der Waals surface area contributed by atoms with Gasteiger partial charge in [-0.2, -0.15) is 0 Å². The van der Waals surface area contributed by atoms with Crippen LogP contribution in [0.4, 0.5) is 0 Å². The summed E-state index contributed by atoms with van der Waals surface area (Å²) in [5, 5.41) is 2.71. The number of nitrogens with zero attached hydrogens (tertiary/aromatic N) is 1. The Kier molecular flexibility index (Phi) is 8.10. The lowest BCUT2D eigenvalue weighted by Crippen LogP contribution is -2.57. The van der Waals surface area contributed by atoms with E-state index in [9.17, 15) is 14.4 Å². The summed E-state index contributed by atoms with van der Waals surface area (Å²) in [6, 6.07) is 6.06. The molecule has 7 nitrogen and oxygen atoms in total. The van der Waals surface area contributed by atoms with E-state index in [0.29, 0.717) is 44.0 Å². The third-order valence-corrected chi connectivity index (χ3v) is 4.27. The van der Waals surface area contributed by atoms with Crippen LogP contribution >= 0.6 is 0 Å². The number of unbranched alkanes of at least 4 members (excludes halogenated alkanes) is 1. The van der Waals surface area contributed by atoms with Gasteiger partial charge in [-0.15, -0.1) is 0 Å². The third kappa shape index (κ3) is 5.98. The Morgan fingerprint density at radius 2 is 2.04 bits per heavy atom. The normalized spacial score (nSPS) is 16.6. The molecule has 2 rings (SSSR count). The molecule has 1 N–H and O–H groups in total. The van der Waals surface area contributed by atoms with Crippen LogP contribution in [0.3, 0.4) is 0 Å². The van der Waals surface area contributed by atoms with E-state index in [-0.39, 0.29) is 18.2 Å². The summed E-state index contributed by atoms with van der Waals surface area (Å²) in [4.78, 5) is 38.6. The first kappa shape index (κ1) is 20.7. The number of carbonyl (C=O) groups excluding carboxylic acids is 3. The van der Waals surface area contributed by atoms with Gasteiger partial charge in [0.1, 0.15) is 11.8 Å². The highest BCUT2D eigenvalue weighted by atomic mass is 16.5. The number of piperazine rings is 1. The molecule has 7 heteroatoms. The molecule has 1 atom stereocenters. The Hall–Kier alpha value is -2.57. The summed E-state index contributed by atoms with van der Waals surface area (Å²) in [7, 11) is 0. The van der Waals surface area contributed by atoms with Crippen molar-refractivity contribution in [2.24, 2.45) is 0 Å². The van der Waals surface area contributed by atoms with Gasteiger partial charge in [-0.1, -0.05) is 26.3 Å². The molecule has 27 heavy (non-hydrogen) atoms. The zero-order valence-corrected chi connectivity index (χ0v) is 16.0. The Morgan fingerprint density at radius 1 is 1.22 bits per heavy atom. The number of esters is 1. The second-order valence-electron chi connectivity index (χ2n) is 6.46. The Balaban J connectivity index is 2.10. The van der Waals surface area contributed by atoms with E-state index in [0.717, 1.165) is 12.8 Å². The molecule has 1 saturated heterocycles. The molecule has 0 spiro atoms. The number of ether oxygens (including phenoxy) is 2. The molecular weight excluding hydrogens is 348 g/mol. The van der Waals surface area contributed by atoms with E-state index >= 15 is 0 Å². The smallest absolute Gasteiger partial charge is 0.308 e. The van der Waals surface area contributed by atoms with Crippen LogP contribution in [0.2, 0.25) is 0 Å². The number of benzene rings is 1. The van der Waals surface area contributed by atoms with Crippen LogP contribution < -0.4 is 10.1 Å². The molecule has 0 aromatic heterocycles. The minimum Gasteiger partial charge on any atom is -0.494 e. The molecular formula is C20H28N2O5. The highest BCUT2D eigenvalue weighted by Gasteiger charge is 2.35. The zero-order valence-electron chi connectivity index (χ0n) is 16.0. The summed E-state index contributed by atoms with van der Waals surface area (Å²) in [6.07, 6.45) is 2.52. The average molecular weight is 376 g/mol. The van der Waals surface area contributed by atoms with Gasteiger partial charge in [0.05, 0.1) is 19.6 Å². The van der Waals surface area contributed by atoms with Gasteiger partial charge in [0.25, 0.3) is 5.91 Å². The van der Waals surface area contributed by atoms with Crippen molar-refractivity contribution in [1.29, 1.82) is 0 Å². The highest BCUT2D eigenvalue weighted by molar-refractivity contribution is 5.99. The van der Waals surface area contributed by atoms with Gasteiger partial charge < -0.3 is 19.7 Å². The fourth-order valence-electron chi connectivity index (χ4n) is 2.81. The number of nitrogens with one attached hydrogen (secondary N) is 1. The van der Waals surface area contributed by atoms with E-state index in [2.05, 4.69) is 12.2 Å². The Bertz CT molecular complexity index is 662. The lowest BCUT2D eigenvalue weighted by atomic mass is 10.1. The second kappa shape index (κ2) is 10.5. The number of hydrogen-bond acceptors (Lipinski definition) is 5. The molecule has 1 fully saturated rings. The molecule has 1 aliphatic heterocycles. The van der Waals surface area contributed by atoms with Crippen molar-refractivity contribution < 1.29 is 23.9 Å². The van der Waals surface area contributed by atoms with Crippen molar-refractivity contribution in [3.8, 4) is 5.75 Å². The molecule has 1 unspecified atom stereocenters. The van der Waals surface area contributed by atoms with Gasteiger partial charge >= 0.3 is 5.97 Å². The van der Waals surface area contributed by atoms with E-state index < -0.39 is 12.0 Å². The average Bonchev–Trinajstić information content (AvgIpc) is 2.68. The Morgan fingerprint density at radius 3 is 2.78 bits per heavy atom. The van der Waals surface area contributed by atoms with Gasteiger partial charge in [-0.25, -0.2) is 0 Å². The molecule has 148 valence electrons. The molecule has 0 aliphatic carbocycles. The summed E-state index contributed by atoms with van der Waals surface area (Å²) in [5.74, 6) is -0.486. The van der Waals surface area contributed by atoms with Crippen LogP contribution in [0.25, 0.3) is 0 Å². The van der Waals surface area contributed by atoms with Crippen LogP contribution in [0.5, 0.6) is 5.75 Å². The monoisotopic (exact) mass is 376 g/mol. The largest absolute Gasteiger partial charge is 0.494 e.